The first kappa shape index (κ1) is 30.6. The van der Waals surface area contributed by atoms with Crippen molar-refractivity contribution in [2.24, 2.45) is 5.92 Å². The molecule has 1 atom stereocenters. The highest BCUT2D eigenvalue weighted by molar-refractivity contribution is 7.92. The number of hydrogen-bond donors (Lipinski definition) is 1. The van der Waals surface area contributed by atoms with E-state index in [2.05, 4.69) is 5.32 Å². The van der Waals surface area contributed by atoms with Crippen molar-refractivity contribution >= 4 is 27.5 Å². The van der Waals surface area contributed by atoms with Gasteiger partial charge >= 0.3 is 0 Å². The van der Waals surface area contributed by atoms with Crippen molar-refractivity contribution < 1.29 is 27.1 Å². The molecule has 0 radical (unpaired) electrons. The van der Waals surface area contributed by atoms with Crippen LogP contribution in [0.3, 0.4) is 0 Å². The average Bonchev–Trinajstić information content (AvgIpc) is 2.93. The number of ether oxygens (including phenoxy) is 1. The molecular formula is C30H36FN3O5S. The van der Waals surface area contributed by atoms with Gasteiger partial charge in [-0.3, -0.25) is 13.9 Å². The number of anilines is 1. The molecular weight excluding hydrogens is 533 g/mol. The normalized spacial score (nSPS) is 12.1. The summed E-state index contributed by atoms with van der Waals surface area (Å²) in [4.78, 5) is 28.9. The van der Waals surface area contributed by atoms with E-state index < -0.39 is 34.3 Å². The fourth-order valence-corrected chi connectivity index (χ4v) is 4.98. The molecule has 3 aromatic carbocycles. The van der Waals surface area contributed by atoms with Crippen molar-refractivity contribution in [2.75, 3.05) is 30.8 Å². The Morgan fingerprint density at radius 1 is 0.950 bits per heavy atom. The Bertz CT molecular complexity index is 1380. The molecule has 1 N–H and O–H groups in total. The number of halogens is 1. The molecule has 214 valence electrons. The van der Waals surface area contributed by atoms with E-state index in [1.54, 1.807) is 18.2 Å². The number of nitrogens with zero attached hydrogens (tertiary/aromatic N) is 2. The van der Waals surface area contributed by atoms with Gasteiger partial charge in [-0.25, -0.2) is 12.8 Å². The van der Waals surface area contributed by atoms with Crippen LogP contribution in [0.15, 0.2) is 78.9 Å². The Morgan fingerprint density at radius 3 is 2.23 bits per heavy atom. The smallest absolute Gasteiger partial charge is 0.244 e. The number of sulfonamides is 1. The third-order valence-corrected chi connectivity index (χ3v) is 7.38. The lowest BCUT2D eigenvalue weighted by atomic mass is 10.0. The summed E-state index contributed by atoms with van der Waals surface area (Å²) in [6.07, 6.45) is 1.22. The second-order valence-electron chi connectivity index (χ2n) is 9.96. The van der Waals surface area contributed by atoms with Crippen LogP contribution in [0.2, 0.25) is 0 Å². The van der Waals surface area contributed by atoms with E-state index >= 15 is 0 Å². The number of carbonyl (C=O) groups excluding carboxylic acids is 2. The molecule has 0 saturated heterocycles. The SMILES string of the molecule is COc1cccc(N(CC(=O)N(Cc2ccc(F)cc2)[C@@H](Cc2ccccc2)C(=O)NCC(C)C)S(C)(=O)=O)c1. The van der Waals surface area contributed by atoms with Gasteiger partial charge in [0.2, 0.25) is 21.8 Å². The highest BCUT2D eigenvalue weighted by atomic mass is 32.2. The minimum absolute atomic E-state index is 0.0264. The molecule has 0 aliphatic heterocycles. The van der Waals surface area contributed by atoms with Gasteiger partial charge in [-0.1, -0.05) is 62.4 Å². The highest BCUT2D eigenvalue weighted by Crippen LogP contribution is 2.24. The van der Waals surface area contributed by atoms with Gasteiger partial charge in [-0.05, 0) is 41.3 Å². The number of benzene rings is 3. The summed E-state index contributed by atoms with van der Waals surface area (Å²) < 4.78 is 45.6. The summed E-state index contributed by atoms with van der Waals surface area (Å²) >= 11 is 0. The Balaban J connectivity index is 2.04. The monoisotopic (exact) mass is 569 g/mol. The van der Waals surface area contributed by atoms with Gasteiger partial charge < -0.3 is 15.0 Å². The zero-order valence-corrected chi connectivity index (χ0v) is 24.0. The predicted octanol–water partition coefficient (Wildman–Crippen LogP) is 4.01. The van der Waals surface area contributed by atoms with Crippen molar-refractivity contribution in [3.05, 3.63) is 95.8 Å². The lowest BCUT2D eigenvalue weighted by molar-refractivity contribution is -0.140. The summed E-state index contributed by atoms with van der Waals surface area (Å²) in [5, 5.41) is 2.92. The summed E-state index contributed by atoms with van der Waals surface area (Å²) in [5.74, 6) is -0.773. The van der Waals surface area contributed by atoms with Crippen molar-refractivity contribution in [3.63, 3.8) is 0 Å². The van der Waals surface area contributed by atoms with Gasteiger partial charge in [0.25, 0.3) is 0 Å². The van der Waals surface area contributed by atoms with E-state index in [9.17, 15) is 22.4 Å². The highest BCUT2D eigenvalue weighted by Gasteiger charge is 2.33. The minimum Gasteiger partial charge on any atom is -0.497 e. The lowest BCUT2D eigenvalue weighted by Gasteiger charge is -2.33. The Labute approximate surface area is 235 Å². The van der Waals surface area contributed by atoms with Gasteiger partial charge in [-0.15, -0.1) is 0 Å². The molecule has 2 amide bonds. The van der Waals surface area contributed by atoms with E-state index in [0.717, 1.165) is 16.1 Å². The Morgan fingerprint density at radius 2 is 1.62 bits per heavy atom. The summed E-state index contributed by atoms with van der Waals surface area (Å²) in [5.41, 5.74) is 1.68. The number of rotatable bonds is 13. The molecule has 0 fully saturated rings. The largest absolute Gasteiger partial charge is 0.497 e. The number of amides is 2. The van der Waals surface area contributed by atoms with Gasteiger partial charge in [0.05, 0.1) is 19.1 Å². The van der Waals surface area contributed by atoms with Crippen LogP contribution >= 0.6 is 0 Å². The van der Waals surface area contributed by atoms with Crippen LogP contribution in [-0.4, -0.2) is 57.6 Å². The quantitative estimate of drug-likeness (QED) is 0.336. The van der Waals surface area contributed by atoms with E-state index in [-0.39, 0.29) is 30.5 Å². The molecule has 0 aliphatic carbocycles. The van der Waals surface area contributed by atoms with Gasteiger partial charge in [0, 0.05) is 25.6 Å². The zero-order chi connectivity index (χ0) is 29.3. The standard InChI is InChI=1S/C30H36FN3O5S/c1-22(2)19-32-30(36)28(17-23-9-6-5-7-10-23)33(20-24-13-15-25(31)16-14-24)29(35)21-34(40(4,37)38)26-11-8-12-27(18-26)39-3/h5-16,18,22,28H,17,19-21H2,1-4H3,(H,32,36)/t28-/m0/s1. The molecule has 8 nitrogen and oxygen atoms in total. The molecule has 0 spiro atoms. The molecule has 0 aromatic heterocycles. The van der Waals surface area contributed by atoms with Crippen LogP contribution in [0.4, 0.5) is 10.1 Å². The van der Waals surface area contributed by atoms with Gasteiger partial charge in [-0.2, -0.15) is 0 Å². The molecule has 0 aliphatic rings. The molecule has 3 rings (SSSR count). The molecule has 10 heteroatoms. The maximum Gasteiger partial charge on any atom is 0.244 e. The number of carbonyl (C=O) groups is 2. The predicted molar refractivity (Wildman–Crippen MR) is 154 cm³/mol. The van der Waals surface area contributed by atoms with Crippen molar-refractivity contribution in [2.45, 2.75) is 32.9 Å². The first-order valence-electron chi connectivity index (χ1n) is 12.9. The lowest BCUT2D eigenvalue weighted by Crippen LogP contribution is -2.53. The first-order chi connectivity index (χ1) is 19.0. The van der Waals surface area contributed by atoms with Crippen LogP contribution in [0, 0.1) is 11.7 Å². The van der Waals surface area contributed by atoms with Gasteiger partial charge in [0.1, 0.15) is 24.2 Å². The van der Waals surface area contributed by atoms with Crippen molar-refractivity contribution in [1.29, 1.82) is 0 Å². The fraction of sp³-hybridized carbons (Fsp3) is 0.333. The van der Waals surface area contributed by atoms with Crippen molar-refractivity contribution in [3.8, 4) is 5.75 Å². The maximum absolute atomic E-state index is 14.0. The Kier molecular flexibility index (Phi) is 10.7. The molecule has 40 heavy (non-hydrogen) atoms. The number of hydrogen-bond acceptors (Lipinski definition) is 5. The van der Waals surface area contributed by atoms with E-state index in [4.69, 9.17) is 4.74 Å². The summed E-state index contributed by atoms with van der Waals surface area (Å²) in [7, 11) is -2.43. The number of nitrogens with one attached hydrogen (secondary N) is 1. The second-order valence-corrected chi connectivity index (χ2v) is 11.9. The van der Waals surface area contributed by atoms with Gasteiger partial charge in [0.15, 0.2) is 0 Å². The minimum atomic E-state index is -3.90. The average molecular weight is 570 g/mol. The molecule has 0 heterocycles. The van der Waals surface area contributed by atoms with Crippen molar-refractivity contribution in [1.82, 2.24) is 10.2 Å². The van der Waals surface area contributed by atoms with E-state index in [1.165, 1.54) is 42.3 Å². The van der Waals surface area contributed by atoms with E-state index in [0.29, 0.717) is 17.9 Å². The van der Waals surface area contributed by atoms with Crippen LogP contribution in [-0.2, 0) is 32.6 Å². The van der Waals surface area contributed by atoms with Crippen LogP contribution < -0.4 is 14.4 Å². The molecule has 0 bridgehead atoms. The molecule has 0 unspecified atom stereocenters. The first-order valence-corrected chi connectivity index (χ1v) is 14.8. The molecule has 3 aromatic rings. The van der Waals surface area contributed by atoms with Crippen LogP contribution in [0.1, 0.15) is 25.0 Å². The second kappa shape index (κ2) is 13.9. The van der Waals surface area contributed by atoms with Crippen LogP contribution in [0.25, 0.3) is 0 Å². The Hall–Kier alpha value is -3.92. The third kappa shape index (κ3) is 8.81. The summed E-state index contributed by atoms with van der Waals surface area (Å²) in [6, 6.07) is 20.4. The number of methoxy groups -OCH3 is 1. The maximum atomic E-state index is 14.0. The topological polar surface area (TPSA) is 96.0 Å². The molecule has 0 saturated carbocycles. The fourth-order valence-electron chi connectivity index (χ4n) is 4.14. The summed E-state index contributed by atoms with van der Waals surface area (Å²) in [6.45, 7) is 3.76. The zero-order valence-electron chi connectivity index (χ0n) is 23.2. The van der Waals surface area contributed by atoms with Crippen LogP contribution in [0.5, 0.6) is 5.75 Å². The third-order valence-electron chi connectivity index (χ3n) is 6.24. The van der Waals surface area contributed by atoms with E-state index in [1.807, 2.05) is 44.2 Å².